The number of nitrogens with one attached hydrogen (secondary N) is 1. The lowest BCUT2D eigenvalue weighted by Crippen LogP contribution is -2.27. The van der Waals surface area contributed by atoms with E-state index in [0.29, 0.717) is 0 Å². The van der Waals surface area contributed by atoms with E-state index in [0.717, 1.165) is 5.56 Å². The number of hydrogen-bond donors (Lipinski definition) is 2. The molecular formula is C18H26N4O3S. The Hall–Kier alpha value is -2.19. The van der Waals surface area contributed by atoms with E-state index in [1.807, 2.05) is 19.1 Å². The Morgan fingerprint density at radius 3 is 2.38 bits per heavy atom. The minimum absolute atomic E-state index is 0.0646. The first kappa shape index (κ1) is 20.1. The number of primary sulfonamides is 1. The van der Waals surface area contributed by atoms with Gasteiger partial charge in [0.1, 0.15) is 4.90 Å². The highest BCUT2D eigenvalue weighted by Gasteiger charge is 2.15. The zero-order chi connectivity index (χ0) is 19.5. The highest BCUT2D eigenvalue weighted by molar-refractivity contribution is 7.89. The Morgan fingerprint density at radius 2 is 1.88 bits per heavy atom. The number of carbonyl (C=O) groups is 1. The van der Waals surface area contributed by atoms with Crippen LogP contribution in [0.15, 0.2) is 41.6 Å². The van der Waals surface area contributed by atoms with E-state index in [1.54, 1.807) is 0 Å². The third-order valence-electron chi connectivity index (χ3n) is 4.16. The number of aryl methyl sites for hydroxylation is 1. The van der Waals surface area contributed by atoms with Crippen molar-refractivity contribution in [1.82, 2.24) is 15.1 Å². The molecule has 1 amide bonds. The van der Waals surface area contributed by atoms with Crippen LogP contribution in [-0.2, 0) is 26.8 Å². The molecule has 1 aromatic heterocycles. The number of rotatable bonds is 6. The summed E-state index contributed by atoms with van der Waals surface area (Å²) in [6.45, 7) is 8.67. The maximum absolute atomic E-state index is 12.1. The van der Waals surface area contributed by atoms with E-state index >= 15 is 0 Å². The first-order valence-corrected chi connectivity index (χ1v) is 9.96. The van der Waals surface area contributed by atoms with Crippen molar-refractivity contribution in [3.05, 3.63) is 47.8 Å². The predicted octanol–water partition coefficient (Wildman–Crippen LogP) is 2.10. The molecule has 0 aliphatic carbocycles. The van der Waals surface area contributed by atoms with Crippen LogP contribution in [-0.4, -0.2) is 24.1 Å². The predicted molar refractivity (Wildman–Crippen MR) is 99.9 cm³/mol. The van der Waals surface area contributed by atoms with Crippen LogP contribution in [0.4, 0.5) is 0 Å². The molecule has 1 heterocycles. The topological polar surface area (TPSA) is 107 Å². The summed E-state index contributed by atoms with van der Waals surface area (Å²) in [6.07, 6.45) is 2.68. The van der Waals surface area contributed by atoms with Gasteiger partial charge in [-0.3, -0.25) is 9.48 Å². The van der Waals surface area contributed by atoms with Crippen molar-refractivity contribution in [1.29, 1.82) is 0 Å². The number of hydrogen-bond acceptors (Lipinski definition) is 4. The smallest absolute Gasteiger partial charge is 0.241 e. The molecule has 0 saturated carbocycles. The number of amides is 1. The maximum atomic E-state index is 12.1. The molecule has 0 fully saturated rings. The lowest BCUT2D eigenvalue weighted by molar-refractivity contribution is -0.122. The van der Waals surface area contributed by atoms with Crippen LogP contribution in [0.3, 0.4) is 0 Å². The molecule has 2 aromatic rings. The van der Waals surface area contributed by atoms with Gasteiger partial charge in [-0.15, -0.1) is 0 Å². The van der Waals surface area contributed by atoms with Gasteiger partial charge in [-0.25, -0.2) is 13.6 Å². The second-order valence-electron chi connectivity index (χ2n) is 7.40. The fourth-order valence-electron chi connectivity index (χ4n) is 2.50. The normalized spacial score (nSPS) is 13.4. The van der Waals surface area contributed by atoms with Crippen molar-refractivity contribution in [3.8, 4) is 0 Å². The lowest BCUT2D eigenvalue weighted by Gasteiger charge is -2.20. The highest BCUT2D eigenvalue weighted by atomic mass is 32.2. The lowest BCUT2D eigenvalue weighted by atomic mass is 9.86. The zero-order valence-corrected chi connectivity index (χ0v) is 16.4. The van der Waals surface area contributed by atoms with Crippen molar-refractivity contribution in [2.45, 2.75) is 57.0 Å². The average Bonchev–Trinajstić information content (AvgIpc) is 3.01. The van der Waals surface area contributed by atoms with E-state index in [9.17, 15) is 13.2 Å². The van der Waals surface area contributed by atoms with Gasteiger partial charge in [-0.05, 0) is 23.5 Å². The quantitative estimate of drug-likeness (QED) is 0.802. The van der Waals surface area contributed by atoms with E-state index in [4.69, 9.17) is 5.14 Å². The first-order valence-electron chi connectivity index (χ1n) is 8.42. The zero-order valence-electron chi connectivity index (χ0n) is 15.6. The van der Waals surface area contributed by atoms with Crippen molar-refractivity contribution in [2.75, 3.05) is 0 Å². The number of nitrogens with zero attached hydrogens (tertiary/aromatic N) is 2. The van der Waals surface area contributed by atoms with Gasteiger partial charge in [0.15, 0.2) is 0 Å². The molecule has 0 radical (unpaired) electrons. The summed E-state index contributed by atoms with van der Waals surface area (Å²) in [7, 11) is -3.77. The summed E-state index contributed by atoms with van der Waals surface area (Å²) in [5.74, 6) is -0.134. The SMILES string of the molecule is C[C@H](NC(=O)CCn1cc(S(N)(=O)=O)cn1)c1ccc(C(C)(C)C)cc1. The summed E-state index contributed by atoms with van der Waals surface area (Å²) in [4.78, 5) is 12.1. The number of benzene rings is 1. The minimum Gasteiger partial charge on any atom is -0.350 e. The van der Waals surface area contributed by atoms with Crippen LogP contribution in [0.5, 0.6) is 0 Å². The highest BCUT2D eigenvalue weighted by Crippen LogP contribution is 2.23. The van der Waals surface area contributed by atoms with Gasteiger partial charge in [0.25, 0.3) is 0 Å². The molecule has 7 nitrogen and oxygen atoms in total. The number of carbonyl (C=O) groups excluding carboxylic acids is 1. The molecule has 0 saturated heterocycles. The van der Waals surface area contributed by atoms with Crippen LogP contribution in [0.1, 0.15) is 51.3 Å². The van der Waals surface area contributed by atoms with E-state index in [1.165, 1.54) is 22.6 Å². The molecule has 3 N–H and O–H groups in total. The largest absolute Gasteiger partial charge is 0.350 e. The van der Waals surface area contributed by atoms with Gasteiger partial charge in [-0.1, -0.05) is 45.0 Å². The van der Waals surface area contributed by atoms with Gasteiger partial charge in [-0.2, -0.15) is 5.10 Å². The Bertz CT molecular complexity index is 865. The fraction of sp³-hybridized carbons (Fsp3) is 0.444. The van der Waals surface area contributed by atoms with E-state index in [2.05, 4.69) is 43.3 Å². The third-order valence-corrected chi connectivity index (χ3v) is 5.03. The maximum Gasteiger partial charge on any atom is 0.241 e. The van der Waals surface area contributed by atoms with Crippen LogP contribution in [0.2, 0.25) is 0 Å². The summed E-state index contributed by atoms with van der Waals surface area (Å²) >= 11 is 0. The third kappa shape index (κ3) is 5.40. The van der Waals surface area contributed by atoms with Gasteiger partial charge in [0, 0.05) is 19.2 Å². The molecule has 1 aromatic carbocycles. The molecule has 0 aliphatic heterocycles. The second kappa shape index (κ2) is 7.59. The number of aromatic nitrogens is 2. The monoisotopic (exact) mass is 378 g/mol. The molecule has 1 atom stereocenters. The molecule has 26 heavy (non-hydrogen) atoms. The molecular weight excluding hydrogens is 352 g/mol. The summed E-state index contributed by atoms with van der Waals surface area (Å²) in [5, 5.41) is 11.9. The summed E-state index contributed by atoms with van der Waals surface area (Å²) in [6, 6.07) is 8.09. The van der Waals surface area contributed by atoms with Crippen LogP contribution >= 0.6 is 0 Å². The van der Waals surface area contributed by atoms with Gasteiger partial charge in [0.05, 0.1) is 12.2 Å². The average molecular weight is 378 g/mol. The summed E-state index contributed by atoms with van der Waals surface area (Å²) in [5.41, 5.74) is 2.36. The Balaban J connectivity index is 1.90. The Morgan fingerprint density at radius 1 is 1.27 bits per heavy atom. The Kier molecular flexibility index (Phi) is 5.87. The molecule has 0 spiro atoms. The van der Waals surface area contributed by atoms with E-state index < -0.39 is 10.0 Å². The first-order chi connectivity index (χ1) is 12.0. The number of sulfonamides is 1. The van der Waals surface area contributed by atoms with Crippen molar-refractivity contribution < 1.29 is 13.2 Å². The molecule has 0 bridgehead atoms. The summed E-state index contributed by atoms with van der Waals surface area (Å²) < 4.78 is 23.8. The van der Waals surface area contributed by atoms with Gasteiger partial charge in [0.2, 0.25) is 15.9 Å². The Labute approximate surface area is 154 Å². The fourth-order valence-corrected chi connectivity index (χ4v) is 2.96. The van der Waals surface area contributed by atoms with Crippen LogP contribution in [0, 0.1) is 0 Å². The minimum atomic E-state index is -3.77. The molecule has 142 valence electrons. The second-order valence-corrected chi connectivity index (χ2v) is 8.96. The van der Waals surface area contributed by atoms with Crippen molar-refractivity contribution >= 4 is 15.9 Å². The van der Waals surface area contributed by atoms with E-state index in [-0.39, 0.29) is 35.2 Å². The van der Waals surface area contributed by atoms with Crippen LogP contribution in [0.25, 0.3) is 0 Å². The van der Waals surface area contributed by atoms with Crippen LogP contribution < -0.4 is 10.5 Å². The number of nitrogens with two attached hydrogens (primary N) is 1. The van der Waals surface area contributed by atoms with Gasteiger partial charge < -0.3 is 5.32 Å². The van der Waals surface area contributed by atoms with Crippen molar-refractivity contribution in [2.24, 2.45) is 5.14 Å². The van der Waals surface area contributed by atoms with Crippen molar-refractivity contribution in [3.63, 3.8) is 0 Å². The molecule has 0 aliphatic rings. The van der Waals surface area contributed by atoms with Gasteiger partial charge >= 0.3 is 0 Å². The standard InChI is InChI=1S/C18H26N4O3S/c1-13(14-5-7-15(8-6-14)18(2,3)4)21-17(23)9-10-22-12-16(11-20-22)26(19,24)25/h5-8,11-13H,9-10H2,1-4H3,(H,21,23)(H2,19,24,25)/t13-/m0/s1. The molecule has 8 heteroatoms. The molecule has 2 rings (SSSR count). The molecule has 0 unspecified atom stereocenters.